The number of anilines is 1. The van der Waals surface area contributed by atoms with Crippen molar-refractivity contribution in [2.45, 2.75) is 0 Å². The first-order valence-electron chi connectivity index (χ1n) is 5.55. The van der Waals surface area contributed by atoms with E-state index in [4.69, 9.17) is 5.11 Å². The average Bonchev–Trinajstić information content (AvgIpc) is 2.85. The summed E-state index contributed by atoms with van der Waals surface area (Å²) < 4.78 is 0.662. The molecule has 1 aromatic carbocycles. The summed E-state index contributed by atoms with van der Waals surface area (Å²) in [5.41, 5.74) is -0.531. The molecular formula is C12H8BrN3O5. The number of non-ortho nitro benzene ring substituents is 1. The molecule has 0 spiro atoms. The third kappa shape index (κ3) is 3.26. The Morgan fingerprint density at radius 3 is 2.57 bits per heavy atom. The zero-order valence-electron chi connectivity index (χ0n) is 10.3. The Morgan fingerprint density at radius 1 is 1.33 bits per heavy atom. The summed E-state index contributed by atoms with van der Waals surface area (Å²) in [7, 11) is 0. The Morgan fingerprint density at radius 2 is 2.05 bits per heavy atom. The van der Waals surface area contributed by atoms with Crippen LogP contribution in [0.5, 0.6) is 0 Å². The van der Waals surface area contributed by atoms with E-state index in [1.54, 1.807) is 6.20 Å². The predicted molar refractivity (Wildman–Crippen MR) is 76.5 cm³/mol. The maximum absolute atomic E-state index is 11.9. The van der Waals surface area contributed by atoms with E-state index in [-0.39, 0.29) is 22.6 Å². The molecule has 0 aliphatic carbocycles. The van der Waals surface area contributed by atoms with Gasteiger partial charge in [0, 0.05) is 22.8 Å². The highest BCUT2D eigenvalue weighted by atomic mass is 79.9. The van der Waals surface area contributed by atoms with E-state index < -0.39 is 16.8 Å². The summed E-state index contributed by atoms with van der Waals surface area (Å²) in [5, 5.41) is 22.1. The van der Waals surface area contributed by atoms with E-state index in [1.165, 1.54) is 12.1 Å². The van der Waals surface area contributed by atoms with Gasteiger partial charge < -0.3 is 15.4 Å². The second-order valence-electron chi connectivity index (χ2n) is 3.98. The summed E-state index contributed by atoms with van der Waals surface area (Å²) in [6.45, 7) is 0. The molecule has 3 N–H and O–H groups in total. The molecule has 0 bridgehead atoms. The van der Waals surface area contributed by atoms with Crippen molar-refractivity contribution in [2.24, 2.45) is 0 Å². The number of carboxylic acid groups (broad SMARTS) is 1. The smallest absolute Gasteiger partial charge is 0.338 e. The number of aromatic amines is 1. The third-order valence-corrected chi connectivity index (χ3v) is 3.04. The number of halogens is 1. The number of hydrogen-bond donors (Lipinski definition) is 3. The van der Waals surface area contributed by atoms with Gasteiger partial charge in [0.2, 0.25) is 0 Å². The van der Waals surface area contributed by atoms with E-state index >= 15 is 0 Å². The molecule has 9 heteroatoms. The highest BCUT2D eigenvalue weighted by Crippen LogP contribution is 2.23. The quantitative estimate of drug-likeness (QED) is 0.575. The van der Waals surface area contributed by atoms with Gasteiger partial charge in [-0.05, 0) is 28.1 Å². The Kier molecular flexibility index (Phi) is 4.03. The van der Waals surface area contributed by atoms with Crippen molar-refractivity contribution in [3.8, 4) is 0 Å². The number of carboxylic acids is 1. The van der Waals surface area contributed by atoms with Crippen molar-refractivity contribution < 1.29 is 19.6 Å². The highest BCUT2D eigenvalue weighted by Gasteiger charge is 2.18. The third-order valence-electron chi connectivity index (χ3n) is 2.58. The minimum atomic E-state index is -1.37. The first kappa shape index (κ1) is 14.7. The summed E-state index contributed by atoms with van der Waals surface area (Å²) in [6, 6.07) is 4.70. The van der Waals surface area contributed by atoms with Gasteiger partial charge in [0.25, 0.3) is 11.6 Å². The molecule has 2 aromatic rings. The zero-order chi connectivity index (χ0) is 15.6. The number of H-pyrrole nitrogens is 1. The molecule has 0 saturated heterocycles. The monoisotopic (exact) mass is 353 g/mol. The minimum Gasteiger partial charge on any atom is -0.478 e. The molecule has 8 nitrogen and oxygen atoms in total. The number of rotatable bonds is 4. The summed E-state index contributed by atoms with van der Waals surface area (Å²) >= 11 is 3.17. The lowest BCUT2D eigenvalue weighted by Gasteiger charge is -2.07. The van der Waals surface area contributed by atoms with E-state index in [2.05, 4.69) is 26.2 Å². The van der Waals surface area contributed by atoms with Gasteiger partial charge in [-0.25, -0.2) is 4.79 Å². The molecule has 1 aromatic heterocycles. The van der Waals surface area contributed by atoms with Gasteiger partial charge in [-0.3, -0.25) is 14.9 Å². The van der Waals surface area contributed by atoms with Crippen LogP contribution >= 0.6 is 15.9 Å². The van der Waals surface area contributed by atoms with E-state index in [0.29, 0.717) is 4.47 Å². The standard InChI is InChI=1S/C12H8BrN3O5/c13-6-3-10(14-5-6)11(17)15-9-2-1-7(16(20)21)4-8(9)12(18)19/h1-5,14H,(H,15,17)(H,18,19). The molecule has 1 heterocycles. The Bertz CT molecular complexity index is 740. The Hall–Kier alpha value is -2.68. The number of aromatic carboxylic acids is 1. The summed E-state index contributed by atoms with van der Waals surface area (Å²) in [6.07, 6.45) is 1.54. The van der Waals surface area contributed by atoms with Gasteiger partial charge in [0.1, 0.15) is 5.69 Å². The minimum absolute atomic E-state index is 0.0242. The van der Waals surface area contributed by atoms with Crippen LogP contribution in [0.4, 0.5) is 11.4 Å². The molecule has 1 amide bonds. The first-order valence-corrected chi connectivity index (χ1v) is 6.35. The molecule has 21 heavy (non-hydrogen) atoms. The molecule has 0 fully saturated rings. The molecular weight excluding hydrogens is 346 g/mol. The number of amides is 1. The van der Waals surface area contributed by atoms with Crippen LogP contribution in [0.1, 0.15) is 20.8 Å². The Balaban J connectivity index is 2.33. The number of nitro groups is 1. The van der Waals surface area contributed by atoms with Crippen molar-refractivity contribution in [2.75, 3.05) is 5.32 Å². The van der Waals surface area contributed by atoms with Crippen molar-refractivity contribution in [1.29, 1.82) is 0 Å². The molecule has 2 rings (SSSR count). The lowest BCUT2D eigenvalue weighted by molar-refractivity contribution is -0.384. The topological polar surface area (TPSA) is 125 Å². The van der Waals surface area contributed by atoms with E-state index in [0.717, 1.165) is 12.1 Å². The molecule has 0 saturated carbocycles. The number of nitrogens with one attached hydrogen (secondary N) is 2. The number of nitrogens with zero attached hydrogens (tertiary/aromatic N) is 1. The van der Waals surface area contributed by atoms with Crippen molar-refractivity contribution >= 4 is 39.2 Å². The fourth-order valence-corrected chi connectivity index (χ4v) is 1.96. The molecule has 0 radical (unpaired) electrons. The van der Waals surface area contributed by atoms with Crippen LogP contribution in [0.2, 0.25) is 0 Å². The molecule has 0 atom stereocenters. The van der Waals surface area contributed by atoms with Crippen LogP contribution in [0.25, 0.3) is 0 Å². The van der Waals surface area contributed by atoms with Gasteiger partial charge in [-0.15, -0.1) is 0 Å². The highest BCUT2D eigenvalue weighted by molar-refractivity contribution is 9.10. The second-order valence-corrected chi connectivity index (χ2v) is 4.89. The first-order chi connectivity index (χ1) is 9.88. The van der Waals surface area contributed by atoms with Crippen LogP contribution in [-0.4, -0.2) is 26.9 Å². The Labute approximate surface area is 126 Å². The molecule has 108 valence electrons. The fourth-order valence-electron chi connectivity index (χ4n) is 1.62. The van der Waals surface area contributed by atoms with Crippen molar-refractivity contribution in [3.05, 3.63) is 56.3 Å². The van der Waals surface area contributed by atoms with Crippen LogP contribution in [-0.2, 0) is 0 Å². The van der Waals surface area contributed by atoms with Gasteiger partial charge in [-0.2, -0.15) is 0 Å². The largest absolute Gasteiger partial charge is 0.478 e. The molecule has 0 aliphatic rings. The van der Waals surface area contributed by atoms with Crippen LogP contribution in [0.15, 0.2) is 34.9 Å². The number of carbonyl (C=O) groups is 2. The lowest BCUT2D eigenvalue weighted by atomic mass is 10.1. The average molecular weight is 354 g/mol. The normalized spacial score (nSPS) is 10.1. The zero-order valence-corrected chi connectivity index (χ0v) is 11.9. The van der Waals surface area contributed by atoms with Crippen molar-refractivity contribution in [1.82, 2.24) is 4.98 Å². The molecule has 0 aliphatic heterocycles. The fraction of sp³-hybridized carbons (Fsp3) is 0. The van der Waals surface area contributed by atoms with E-state index in [1.807, 2.05) is 0 Å². The van der Waals surface area contributed by atoms with Gasteiger partial charge in [-0.1, -0.05) is 0 Å². The lowest BCUT2D eigenvalue weighted by Crippen LogP contribution is -2.15. The van der Waals surface area contributed by atoms with Crippen LogP contribution in [0.3, 0.4) is 0 Å². The predicted octanol–water partition coefficient (Wildman–Crippen LogP) is 2.64. The molecule has 0 unspecified atom stereocenters. The SMILES string of the molecule is O=C(Nc1ccc([N+](=O)[O-])cc1C(=O)O)c1cc(Br)c[nH]1. The number of aromatic nitrogens is 1. The summed E-state index contributed by atoms with van der Waals surface area (Å²) in [5.74, 6) is -1.93. The maximum atomic E-state index is 11.9. The number of benzene rings is 1. The van der Waals surface area contributed by atoms with Gasteiger partial charge in [0.05, 0.1) is 16.2 Å². The van der Waals surface area contributed by atoms with Gasteiger partial charge in [0.15, 0.2) is 0 Å². The van der Waals surface area contributed by atoms with Crippen LogP contribution in [0, 0.1) is 10.1 Å². The summed E-state index contributed by atoms with van der Waals surface area (Å²) in [4.78, 5) is 35.7. The van der Waals surface area contributed by atoms with Gasteiger partial charge >= 0.3 is 5.97 Å². The van der Waals surface area contributed by atoms with E-state index in [9.17, 15) is 19.7 Å². The second kappa shape index (κ2) is 5.75. The number of hydrogen-bond acceptors (Lipinski definition) is 4. The van der Waals surface area contributed by atoms with Crippen LogP contribution < -0.4 is 5.32 Å². The number of carbonyl (C=O) groups excluding carboxylic acids is 1. The maximum Gasteiger partial charge on any atom is 0.338 e. The number of nitro benzene ring substituents is 1. The van der Waals surface area contributed by atoms with Crippen molar-refractivity contribution in [3.63, 3.8) is 0 Å².